The van der Waals surface area contributed by atoms with Crippen LogP contribution in [0, 0.1) is 0 Å². The van der Waals surface area contributed by atoms with E-state index in [1.54, 1.807) is 0 Å². The van der Waals surface area contributed by atoms with Gasteiger partial charge in [-0.15, -0.1) is 0 Å². The summed E-state index contributed by atoms with van der Waals surface area (Å²) in [5, 5.41) is 0. The second kappa shape index (κ2) is 4.37. The Labute approximate surface area is 94.7 Å². The predicted octanol–water partition coefficient (Wildman–Crippen LogP) is 2.75. The molecule has 2 aliphatic rings. The fourth-order valence-electron chi connectivity index (χ4n) is 2.43. The SMILES string of the molecule is CSC(=S)OC1COC2(CCCC2)C1. The lowest BCUT2D eigenvalue weighted by molar-refractivity contribution is 0.00757. The molecule has 1 atom stereocenters. The van der Waals surface area contributed by atoms with Crippen LogP contribution in [0.4, 0.5) is 0 Å². The summed E-state index contributed by atoms with van der Waals surface area (Å²) in [5.41, 5.74) is 0.151. The second-order valence-corrected chi connectivity index (χ2v) is 5.51. The van der Waals surface area contributed by atoms with Crippen molar-refractivity contribution >= 4 is 28.4 Å². The monoisotopic (exact) mass is 232 g/mol. The quantitative estimate of drug-likeness (QED) is 0.647. The van der Waals surface area contributed by atoms with Gasteiger partial charge in [0.15, 0.2) is 0 Å². The zero-order valence-corrected chi connectivity index (χ0v) is 10.1. The molecule has 0 aromatic heterocycles. The molecule has 2 rings (SSSR count). The van der Waals surface area contributed by atoms with Gasteiger partial charge in [-0.3, -0.25) is 0 Å². The molecule has 4 heteroatoms. The average molecular weight is 232 g/mol. The highest BCUT2D eigenvalue weighted by Gasteiger charge is 2.43. The van der Waals surface area contributed by atoms with Gasteiger partial charge in [0.1, 0.15) is 6.10 Å². The number of ether oxygens (including phenoxy) is 2. The topological polar surface area (TPSA) is 18.5 Å². The van der Waals surface area contributed by atoms with Crippen molar-refractivity contribution in [1.29, 1.82) is 0 Å². The van der Waals surface area contributed by atoms with Gasteiger partial charge >= 0.3 is 0 Å². The Balaban J connectivity index is 1.85. The smallest absolute Gasteiger partial charge is 0.220 e. The average Bonchev–Trinajstić information content (AvgIpc) is 2.78. The number of hydrogen-bond donors (Lipinski definition) is 0. The maximum atomic E-state index is 5.87. The van der Waals surface area contributed by atoms with Gasteiger partial charge in [0.05, 0.1) is 12.2 Å². The van der Waals surface area contributed by atoms with Gasteiger partial charge in [-0.25, -0.2) is 0 Å². The molecule has 2 fully saturated rings. The lowest BCUT2D eigenvalue weighted by Gasteiger charge is -2.21. The summed E-state index contributed by atoms with van der Waals surface area (Å²) in [5.74, 6) is 0. The van der Waals surface area contributed by atoms with Crippen molar-refractivity contribution in [1.82, 2.24) is 0 Å². The lowest BCUT2D eigenvalue weighted by Crippen LogP contribution is -2.24. The van der Waals surface area contributed by atoms with Crippen molar-refractivity contribution in [2.24, 2.45) is 0 Å². The van der Waals surface area contributed by atoms with Crippen LogP contribution < -0.4 is 0 Å². The molecule has 1 aliphatic carbocycles. The van der Waals surface area contributed by atoms with Crippen LogP contribution in [-0.4, -0.2) is 29.0 Å². The summed E-state index contributed by atoms with van der Waals surface area (Å²) in [6.07, 6.45) is 8.21. The third kappa shape index (κ3) is 2.23. The molecule has 1 saturated heterocycles. The summed E-state index contributed by atoms with van der Waals surface area (Å²) in [7, 11) is 0. The van der Waals surface area contributed by atoms with Crippen LogP contribution in [-0.2, 0) is 9.47 Å². The molecule has 14 heavy (non-hydrogen) atoms. The molecular weight excluding hydrogens is 216 g/mol. The molecule has 0 N–H and O–H groups in total. The summed E-state index contributed by atoms with van der Waals surface area (Å²) >= 11 is 6.54. The summed E-state index contributed by atoms with van der Waals surface area (Å²) < 4.78 is 12.1. The highest BCUT2D eigenvalue weighted by Crippen LogP contribution is 2.41. The van der Waals surface area contributed by atoms with E-state index in [1.807, 2.05) is 6.26 Å². The van der Waals surface area contributed by atoms with Crippen LogP contribution in [0.2, 0.25) is 0 Å². The third-order valence-corrected chi connectivity index (χ3v) is 4.15. The first-order valence-corrected chi connectivity index (χ1v) is 6.76. The minimum atomic E-state index is 0.151. The highest BCUT2D eigenvalue weighted by molar-refractivity contribution is 8.22. The van der Waals surface area contributed by atoms with Crippen LogP contribution in [0.1, 0.15) is 32.1 Å². The van der Waals surface area contributed by atoms with Crippen LogP contribution in [0.25, 0.3) is 0 Å². The first kappa shape index (κ1) is 10.7. The minimum absolute atomic E-state index is 0.151. The molecule has 80 valence electrons. The van der Waals surface area contributed by atoms with E-state index in [2.05, 4.69) is 0 Å². The van der Waals surface area contributed by atoms with E-state index in [0.29, 0.717) is 4.38 Å². The molecular formula is C10H16O2S2. The van der Waals surface area contributed by atoms with Gasteiger partial charge < -0.3 is 9.47 Å². The van der Waals surface area contributed by atoms with Crippen molar-refractivity contribution in [3.05, 3.63) is 0 Å². The summed E-state index contributed by atoms with van der Waals surface area (Å²) in [4.78, 5) is 0. The number of rotatable bonds is 1. The Hall–Kier alpha value is 0.200. The van der Waals surface area contributed by atoms with Gasteiger partial charge in [-0.05, 0) is 31.3 Å². The van der Waals surface area contributed by atoms with E-state index in [9.17, 15) is 0 Å². The lowest BCUT2D eigenvalue weighted by atomic mass is 9.97. The van der Waals surface area contributed by atoms with E-state index < -0.39 is 0 Å². The fourth-order valence-corrected chi connectivity index (χ4v) is 2.80. The van der Waals surface area contributed by atoms with Crippen LogP contribution >= 0.6 is 24.0 Å². The van der Waals surface area contributed by atoms with Crippen molar-refractivity contribution in [2.75, 3.05) is 12.9 Å². The normalized spacial score (nSPS) is 29.6. The standard InChI is InChI=1S/C10H16O2S2/c1-14-9(13)12-8-6-10(11-7-8)4-2-3-5-10/h8H,2-7H2,1H3. The number of thioether (sulfide) groups is 1. The Morgan fingerprint density at radius 1 is 1.50 bits per heavy atom. The molecule has 1 spiro atoms. The maximum absolute atomic E-state index is 5.87. The highest BCUT2D eigenvalue weighted by atomic mass is 32.2. The first-order valence-electron chi connectivity index (χ1n) is 5.13. The van der Waals surface area contributed by atoms with E-state index in [1.165, 1.54) is 37.4 Å². The van der Waals surface area contributed by atoms with Crippen molar-refractivity contribution in [3.8, 4) is 0 Å². The molecule has 1 saturated carbocycles. The van der Waals surface area contributed by atoms with E-state index in [4.69, 9.17) is 21.7 Å². The van der Waals surface area contributed by atoms with E-state index in [0.717, 1.165) is 13.0 Å². The van der Waals surface area contributed by atoms with Crippen LogP contribution in [0.5, 0.6) is 0 Å². The van der Waals surface area contributed by atoms with Gasteiger partial charge in [-0.2, -0.15) is 0 Å². The molecule has 1 aliphatic heterocycles. The zero-order valence-electron chi connectivity index (χ0n) is 8.45. The summed E-state index contributed by atoms with van der Waals surface area (Å²) in [6.45, 7) is 0.723. The third-order valence-electron chi connectivity index (χ3n) is 3.12. The number of hydrogen-bond acceptors (Lipinski definition) is 4. The van der Waals surface area contributed by atoms with Crippen LogP contribution in [0.3, 0.4) is 0 Å². The molecule has 2 nitrogen and oxygen atoms in total. The second-order valence-electron chi connectivity index (χ2n) is 4.10. The molecule has 1 unspecified atom stereocenters. The largest absolute Gasteiger partial charge is 0.473 e. The van der Waals surface area contributed by atoms with Crippen LogP contribution in [0.15, 0.2) is 0 Å². The molecule has 0 amide bonds. The van der Waals surface area contributed by atoms with Crippen molar-refractivity contribution in [3.63, 3.8) is 0 Å². The van der Waals surface area contributed by atoms with Gasteiger partial charge in [0, 0.05) is 6.42 Å². The van der Waals surface area contributed by atoms with Gasteiger partial charge in [-0.1, -0.05) is 24.6 Å². The van der Waals surface area contributed by atoms with Crippen molar-refractivity contribution < 1.29 is 9.47 Å². The molecule has 0 aromatic rings. The zero-order chi connectivity index (χ0) is 10.0. The minimum Gasteiger partial charge on any atom is -0.473 e. The Morgan fingerprint density at radius 3 is 2.86 bits per heavy atom. The van der Waals surface area contributed by atoms with Gasteiger partial charge in [0.2, 0.25) is 4.38 Å². The molecule has 0 radical (unpaired) electrons. The fraction of sp³-hybridized carbons (Fsp3) is 0.900. The van der Waals surface area contributed by atoms with Crippen molar-refractivity contribution in [2.45, 2.75) is 43.8 Å². The molecule has 1 heterocycles. The Bertz CT molecular complexity index is 224. The Kier molecular flexibility index (Phi) is 3.34. The summed E-state index contributed by atoms with van der Waals surface area (Å²) in [6, 6.07) is 0. The molecule has 0 aromatic carbocycles. The maximum Gasteiger partial charge on any atom is 0.220 e. The predicted molar refractivity (Wildman–Crippen MR) is 62.8 cm³/mol. The first-order chi connectivity index (χ1) is 6.74. The molecule has 0 bridgehead atoms. The Morgan fingerprint density at radius 2 is 2.21 bits per heavy atom. The van der Waals surface area contributed by atoms with E-state index >= 15 is 0 Å². The van der Waals surface area contributed by atoms with E-state index in [-0.39, 0.29) is 11.7 Å². The van der Waals surface area contributed by atoms with Gasteiger partial charge in [0.25, 0.3) is 0 Å². The number of thiocarbonyl (C=S) groups is 1.